The zero-order valence-electron chi connectivity index (χ0n) is 39.3. The predicted octanol–water partition coefficient (Wildman–Crippen LogP) is 12.5. The highest BCUT2D eigenvalue weighted by Gasteiger charge is 2.45. The molecule has 2 heterocycles. The van der Waals surface area contributed by atoms with Gasteiger partial charge < -0.3 is 18.5 Å². The van der Waals surface area contributed by atoms with Gasteiger partial charge in [-0.05, 0) is 65.4 Å². The molecule has 0 amide bonds. The molecule has 6 aromatic carbocycles. The van der Waals surface area contributed by atoms with E-state index < -0.39 is 25.4 Å². The van der Waals surface area contributed by atoms with Crippen molar-refractivity contribution in [3.8, 4) is 5.75 Å². The molecule has 2 aromatic heterocycles. The number of aromatic nitrogens is 4. The third-order valence-corrected chi connectivity index (χ3v) is 17.9. The summed E-state index contributed by atoms with van der Waals surface area (Å²) in [5.74, 6) is 1.72. The minimum absolute atomic E-state index is 0.0183. The number of benzene rings is 6. The van der Waals surface area contributed by atoms with E-state index in [0.717, 1.165) is 39.1 Å². The molecule has 0 saturated carbocycles. The van der Waals surface area contributed by atoms with E-state index in [0.29, 0.717) is 35.8 Å². The number of anilines is 1. The molecular weight excluding hydrogens is 835 g/mol. The fourth-order valence-corrected chi connectivity index (χ4v) is 10.1. The molecule has 0 bridgehead atoms. The number of hydrogen-bond donors (Lipinski definition) is 1. The Hall–Kier alpha value is -6.43. The number of fused-ring (bicyclic) bond motifs is 1. The highest BCUT2D eigenvalue weighted by Crippen LogP contribution is 2.48. The molecule has 0 aliphatic heterocycles. The number of para-hydroxylation sites is 1. The lowest BCUT2D eigenvalue weighted by atomic mass is 9.68. The molecule has 9 nitrogen and oxygen atoms in total. The highest BCUT2D eigenvalue weighted by atomic mass is 28.4. The average molecular weight is 896 g/mol. The monoisotopic (exact) mass is 895 g/mol. The SMILES string of the molecule is CONc1nc(C(c2ccccc2)(c2ccccc2)c2ccccc2)nc2c1ncn2C(CCO[Si](C)(C)C(C)(C)C)C(C)OC(c1ccccc1)(c1ccccc1)c1ccccc1OC. The van der Waals surface area contributed by atoms with Gasteiger partial charge in [0.05, 0.1) is 32.7 Å². The van der Waals surface area contributed by atoms with Gasteiger partial charge in [-0.1, -0.05) is 191 Å². The van der Waals surface area contributed by atoms with Gasteiger partial charge in [-0.15, -0.1) is 0 Å². The lowest BCUT2D eigenvalue weighted by Gasteiger charge is -2.41. The van der Waals surface area contributed by atoms with Gasteiger partial charge in [0.25, 0.3) is 0 Å². The van der Waals surface area contributed by atoms with E-state index in [2.05, 4.69) is 178 Å². The van der Waals surface area contributed by atoms with Crippen LogP contribution in [0.2, 0.25) is 18.1 Å². The van der Waals surface area contributed by atoms with Gasteiger partial charge in [0.1, 0.15) is 16.8 Å². The Morgan fingerprint density at radius 3 is 1.56 bits per heavy atom. The summed E-state index contributed by atoms with van der Waals surface area (Å²) in [5, 5.41) is 0.0183. The van der Waals surface area contributed by atoms with Crippen LogP contribution in [0, 0.1) is 0 Å². The van der Waals surface area contributed by atoms with E-state index >= 15 is 0 Å². The zero-order valence-corrected chi connectivity index (χ0v) is 40.3. The number of imidazole rings is 1. The maximum Gasteiger partial charge on any atom is 0.191 e. The molecule has 8 rings (SSSR count). The molecule has 2 unspecified atom stereocenters. The first kappa shape index (κ1) is 46.1. The van der Waals surface area contributed by atoms with E-state index in [9.17, 15) is 0 Å². The minimum Gasteiger partial charge on any atom is -0.496 e. The van der Waals surface area contributed by atoms with Gasteiger partial charge in [0, 0.05) is 12.2 Å². The maximum atomic E-state index is 7.85. The van der Waals surface area contributed by atoms with Gasteiger partial charge in [0.2, 0.25) is 0 Å². The van der Waals surface area contributed by atoms with Crippen LogP contribution in [0.25, 0.3) is 11.2 Å². The van der Waals surface area contributed by atoms with Crippen molar-refractivity contribution < 1.29 is 18.7 Å². The molecule has 1 N–H and O–H groups in total. The van der Waals surface area contributed by atoms with Gasteiger partial charge >= 0.3 is 0 Å². The van der Waals surface area contributed by atoms with Crippen molar-refractivity contribution in [2.24, 2.45) is 0 Å². The quantitative estimate of drug-likeness (QED) is 0.0517. The molecule has 2 atom stereocenters. The largest absolute Gasteiger partial charge is 0.496 e. The van der Waals surface area contributed by atoms with Crippen LogP contribution in [0.1, 0.15) is 79.4 Å². The minimum atomic E-state index is -2.16. The van der Waals surface area contributed by atoms with Crippen molar-refractivity contribution in [2.75, 3.05) is 26.3 Å². The molecule has 8 aromatic rings. The maximum absolute atomic E-state index is 7.85. The van der Waals surface area contributed by atoms with Crippen LogP contribution in [0.3, 0.4) is 0 Å². The van der Waals surface area contributed by atoms with Crippen molar-refractivity contribution in [1.29, 1.82) is 0 Å². The van der Waals surface area contributed by atoms with Crippen LogP contribution >= 0.6 is 0 Å². The standard InChI is InChI=1S/C56H61N5O4Si/c1-41(65-56(45-32-20-12-21-33-45,46-34-22-13-23-35-46)47-36-24-25-37-49(47)62-5)48(38-39-64-66(7,8)54(2,3)4)61-40-57-50-51(60-63-6)58-53(59-52(50)61)55(42-26-14-9-15-27-42,43-28-16-10-17-29-43)44-30-18-11-19-31-44/h9-37,40-41,48H,38-39H2,1-8H3,(H,58,59,60). The second-order valence-corrected chi connectivity index (χ2v) is 23.1. The van der Waals surface area contributed by atoms with E-state index in [1.165, 1.54) is 0 Å². The Labute approximate surface area is 390 Å². The third kappa shape index (κ3) is 8.69. The number of rotatable bonds is 18. The number of methoxy groups -OCH3 is 1. The summed E-state index contributed by atoms with van der Waals surface area (Å²) in [6, 6.07) is 60.0. The molecule has 0 saturated heterocycles. The molecule has 0 aliphatic carbocycles. The van der Waals surface area contributed by atoms with Crippen molar-refractivity contribution in [2.45, 2.75) is 75.4 Å². The normalized spacial score (nSPS) is 13.3. The van der Waals surface area contributed by atoms with E-state index in [4.69, 9.17) is 33.7 Å². The lowest BCUT2D eigenvalue weighted by molar-refractivity contribution is -0.0652. The first-order chi connectivity index (χ1) is 32.0. The Bertz CT molecular complexity index is 2660. The third-order valence-electron chi connectivity index (χ3n) is 13.4. The number of nitrogens with one attached hydrogen (secondary N) is 1. The Balaban J connectivity index is 1.38. The van der Waals surface area contributed by atoms with Crippen LogP contribution in [-0.4, -0.2) is 54.8 Å². The highest BCUT2D eigenvalue weighted by molar-refractivity contribution is 6.74. The van der Waals surface area contributed by atoms with E-state index in [1.807, 2.05) is 54.9 Å². The van der Waals surface area contributed by atoms with E-state index in [-0.39, 0.29) is 11.1 Å². The summed E-state index contributed by atoms with van der Waals surface area (Å²) in [7, 11) is 1.14. The topological polar surface area (TPSA) is 92.6 Å². The summed E-state index contributed by atoms with van der Waals surface area (Å²) in [5.41, 5.74) is 8.11. The van der Waals surface area contributed by atoms with Crippen molar-refractivity contribution in [1.82, 2.24) is 19.5 Å². The van der Waals surface area contributed by atoms with Crippen LogP contribution in [0.15, 0.2) is 182 Å². The first-order valence-corrected chi connectivity index (χ1v) is 25.6. The van der Waals surface area contributed by atoms with Crippen LogP contribution in [0.5, 0.6) is 5.75 Å². The fraction of sp³-hybridized carbons (Fsp3) is 0.268. The Kier molecular flexibility index (Phi) is 13.7. The summed E-state index contributed by atoms with van der Waals surface area (Å²) >= 11 is 0. The molecule has 0 fully saturated rings. The molecule has 66 heavy (non-hydrogen) atoms. The van der Waals surface area contributed by atoms with Crippen LogP contribution in [0.4, 0.5) is 5.82 Å². The van der Waals surface area contributed by atoms with E-state index in [1.54, 1.807) is 14.2 Å². The van der Waals surface area contributed by atoms with Crippen molar-refractivity contribution >= 4 is 25.3 Å². The predicted molar refractivity (Wildman–Crippen MR) is 267 cm³/mol. The van der Waals surface area contributed by atoms with Crippen LogP contribution < -0.4 is 10.2 Å². The van der Waals surface area contributed by atoms with Gasteiger partial charge in [-0.3, -0.25) is 4.84 Å². The number of nitrogens with zero attached hydrogens (tertiary/aromatic N) is 4. The second-order valence-electron chi connectivity index (χ2n) is 18.3. The van der Waals surface area contributed by atoms with Crippen molar-refractivity contribution in [3.05, 3.63) is 221 Å². The summed E-state index contributed by atoms with van der Waals surface area (Å²) in [6.07, 6.45) is 1.99. The summed E-state index contributed by atoms with van der Waals surface area (Å²) in [4.78, 5) is 21.7. The molecular formula is C56H61N5O4Si. The summed E-state index contributed by atoms with van der Waals surface area (Å²) in [6.45, 7) is 14.1. The fourth-order valence-electron chi connectivity index (χ4n) is 9.01. The second kappa shape index (κ2) is 19.6. The summed E-state index contributed by atoms with van der Waals surface area (Å²) < 4.78 is 23.1. The Morgan fingerprint density at radius 2 is 1.09 bits per heavy atom. The first-order valence-electron chi connectivity index (χ1n) is 22.7. The van der Waals surface area contributed by atoms with Crippen molar-refractivity contribution in [3.63, 3.8) is 0 Å². The Morgan fingerprint density at radius 1 is 0.621 bits per heavy atom. The smallest absolute Gasteiger partial charge is 0.191 e. The average Bonchev–Trinajstić information content (AvgIpc) is 3.77. The van der Waals surface area contributed by atoms with Gasteiger partial charge in [-0.2, -0.15) is 0 Å². The molecule has 0 radical (unpaired) electrons. The molecule has 0 aliphatic rings. The zero-order chi connectivity index (χ0) is 46.4. The molecule has 10 heteroatoms. The molecule has 0 spiro atoms. The van der Waals surface area contributed by atoms with Gasteiger partial charge in [0.15, 0.2) is 31.1 Å². The lowest BCUT2D eigenvalue weighted by Crippen LogP contribution is -2.42. The van der Waals surface area contributed by atoms with Crippen LogP contribution in [-0.2, 0) is 25.0 Å². The van der Waals surface area contributed by atoms with Gasteiger partial charge in [-0.25, -0.2) is 20.4 Å². The number of hydrogen-bond acceptors (Lipinski definition) is 8. The number of ether oxygens (including phenoxy) is 2. The molecule has 338 valence electrons.